The molecule has 0 spiro atoms. The number of benzene rings is 1. The molecule has 2 aliphatic rings. The molecule has 0 unspecified atom stereocenters. The van der Waals surface area contributed by atoms with Crippen molar-refractivity contribution in [3.05, 3.63) is 24.0 Å². The maximum absolute atomic E-state index is 14.6. The Bertz CT molecular complexity index is 635. The summed E-state index contributed by atoms with van der Waals surface area (Å²) in [4.78, 5) is 27.1. The van der Waals surface area contributed by atoms with Gasteiger partial charge in [0.2, 0.25) is 6.10 Å². The fourth-order valence-corrected chi connectivity index (χ4v) is 3.81. The van der Waals surface area contributed by atoms with Crippen molar-refractivity contribution in [1.82, 2.24) is 0 Å². The molecule has 2 aliphatic heterocycles. The van der Waals surface area contributed by atoms with Crippen molar-refractivity contribution in [1.29, 1.82) is 0 Å². The highest BCUT2D eigenvalue weighted by Gasteiger charge is 2.39. The van der Waals surface area contributed by atoms with E-state index >= 15 is 0 Å². The SMILES string of the molecule is COC(=O)[C@H]1CN(c2cccc(F)c2N2CCCSCC2)C(=O)O1. The summed E-state index contributed by atoms with van der Waals surface area (Å²) < 4.78 is 24.2. The van der Waals surface area contributed by atoms with Crippen molar-refractivity contribution in [2.45, 2.75) is 12.5 Å². The molecule has 1 atom stereocenters. The van der Waals surface area contributed by atoms with E-state index < -0.39 is 18.2 Å². The molecule has 0 radical (unpaired) electrons. The second kappa shape index (κ2) is 7.29. The average molecular weight is 354 g/mol. The molecule has 0 bridgehead atoms. The zero-order valence-corrected chi connectivity index (χ0v) is 14.2. The van der Waals surface area contributed by atoms with E-state index in [1.54, 1.807) is 12.1 Å². The summed E-state index contributed by atoms with van der Waals surface area (Å²) in [6, 6.07) is 4.62. The van der Waals surface area contributed by atoms with E-state index in [1.807, 2.05) is 16.7 Å². The van der Waals surface area contributed by atoms with Crippen LogP contribution in [0, 0.1) is 5.82 Å². The van der Waals surface area contributed by atoms with E-state index in [2.05, 4.69) is 4.74 Å². The number of hydrogen-bond acceptors (Lipinski definition) is 6. The second-order valence-electron chi connectivity index (χ2n) is 5.57. The predicted octanol–water partition coefficient (Wildman–Crippen LogP) is 2.27. The lowest BCUT2D eigenvalue weighted by molar-refractivity contribution is -0.148. The number of para-hydroxylation sites is 1. The van der Waals surface area contributed by atoms with Crippen LogP contribution in [-0.4, -0.2) is 56.4 Å². The molecule has 24 heavy (non-hydrogen) atoms. The minimum Gasteiger partial charge on any atom is -0.466 e. The topological polar surface area (TPSA) is 59.1 Å². The summed E-state index contributed by atoms with van der Waals surface area (Å²) in [6.45, 7) is 1.46. The van der Waals surface area contributed by atoms with Gasteiger partial charge in [-0.1, -0.05) is 6.07 Å². The summed E-state index contributed by atoms with van der Waals surface area (Å²) >= 11 is 1.84. The first-order valence-corrected chi connectivity index (χ1v) is 8.94. The lowest BCUT2D eigenvalue weighted by Crippen LogP contribution is -2.32. The van der Waals surface area contributed by atoms with Crippen LogP contribution < -0.4 is 9.80 Å². The molecule has 1 aromatic carbocycles. The Labute approximate surface area is 143 Å². The van der Waals surface area contributed by atoms with Crippen LogP contribution in [0.15, 0.2) is 18.2 Å². The number of nitrogens with zero attached hydrogens (tertiary/aromatic N) is 2. The van der Waals surface area contributed by atoms with Gasteiger partial charge in [-0.25, -0.2) is 14.0 Å². The van der Waals surface area contributed by atoms with Crippen molar-refractivity contribution in [2.75, 3.05) is 48.0 Å². The van der Waals surface area contributed by atoms with Crippen LogP contribution in [0.1, 0.15) is 6.42 Å². The quantitative estimate of drug-likeness (QED) is 0.776. The van der Waals surface area contributed by atoms with E-state index in [1.165, 1.54) is 18.1 Å². The Morgan fingerprint density at radius 3 is 3.00 bits per heavy atom. The third-order valence-corrected chi connectivity index (χ3v) is 5.12. The summed E-state index contributed by atoms with van der Waals surface area (Å²) in [5, 5.41) is 0. The maximum atomic E-state index is 14.6. The van der Waals surface area contributed by atoms with E-state index in [0.29, 0.717) is 17.9 Å². The van der Waals surface area contributed by atoms with Crippen LogP contribution in [-0.2, 0) is 14.3 Å². The lowest BCUT2D eigenvalue weighted by atomic mass is 10.2. The number of carbonyl (C=O) groups is 2. The Balaban J connectivity index is 1.92. The van der Waals surface area contributed by atoms with Crippen LogP contribution in [0.2, 0.25) is 0 Å². The highest BCUT2D eigenvalue weighted by Crippen LogP contribution is 2.35. The van der Waals surface area contributed by atoms with Gasteiger partial charge < -0.3 is 14.4 Å². The highest BCUT2D eigenvalue weighted by atomic mass is 32.2. The predicted molar refractivity (Wildman–Crippen MR) is 90.2 cm³/mol. The van der Waals surface area contributed by atoms with Gasteiger partial charge in [0.15, 0.2) is 0 Å². The molecule has 3 rings (SSSR count). The number of hydrogen-bond donors (Lipinski definition) is 0. The van der Waals surface area contributed by atoms with Gasteiger partial charge >= 0.3 is 12.1 Å². The number of ether oxygens (including phenoxy) is 2. The largest absolute Gasteiger partial charge is 0.466 e. The first kappa shape index (κ1) is 16.9. The number of anilines is 2. The Morgan fingerprint density at radius 1 is 1.38 bits per heavy atom. The van der Waals surface area contributed by atoms with Crippen molar-refractivity contribution in [2.24, 2.45) is 0 Å². The fourth-order valence-electron chi connectivity index (χ4n) is 2.92. The molecule has 0 saturated carbocycles. The summed E-state index contributed by atoms with van der Waals surface area (Å²) in [5.41, 5.74) is 0.820. The van der Waals surface area contributed by atoms with E-state index in [-0.39, 0.29) is 12.4 Å². The first-order valence-electron chi connectivity index (χ1n) is 7.79. The lowest BCUT2D eigenvalue weighted by Gasteiger charge is -2.28. The first-order chi connectivity index (χ1) is 11.6. The van der Waals surface area contributed by atoms with Gasteiger partial charge in [0, 0.05) is 18.8 Å². The Hall–Kier alpha value is -1.96. The van der Waals surface area contributed by atoms with E-state index in [9.17, 15) is 14.0 Å². The van der Waals surface area contributed by atoms with Crippen LogP contribution in [0.5, 0.6) is 0 Å². The molecule has 2 fully saturated rings. The average Bonchev–Trinajstić information content (AvgIpc) is 2.79. The van der Waals surface area contributed by atoms with E-state index in [0.717, 1.165) is 24.5 Å². The molecule has 2 heterocycles. The minimum absolute atomic E-state index is 0.0184. The number of carbonyl (C=O) groups excluding carboxylic acids is 2. The van der Waals surface area contributed by atoms with Gasteiger partial charge in [0.1, 0.15) is 5.82 Å². The van der Waals surface area contributed by atoms with Gasteiger partial charge in [0.25, 0.3) is 0 Å². The number of halogens is 1. The van der Waals surface area contributed by atoms with Crippen molar-refractivity contribution in [3.8, 4) is 0 Å². The third-order valence-electron chi connectivity index (χ3n) is 4.07. The number of cyclic esters (lactones) is 1. The van der Waals surface area contributed by atoms with Gasteiger partial charge in [-0.3, -0.25) is 4.90 Å². The van der Waals surface area contributed by atoms with Crippen molar-refractivity contribution in [3.63, 3.8) is 0 Å². The number of esters is 1. The molecule has 0 aromatic heterocycles. The molecule has 0 N–H and O–H groups in total. The zero-order chi connectivity index (χ0) is 17.1. The van der Waals surface area contributed by atoms with Crippen LogP contribution >= 0.6 is 11.8 Å². The maximum Gasteiger partial charge on any atom is 0.415 e. The second-order valence-corrected chi connectivity index (χ2v) is 6.79. The normalized spacial score (nSPS) is 21.4. The van der Waals surface area contributed by atoms with E-state index in [4.69, 9.17) is 4.74 Å². The summed E-state index contributed by atoms with van der Waals surface area (Å²) in [5.74, 6) is 0.947. The van der Waals surface area contributed by atoms with Gasteiger partial charge in [-0.2, -0.15) is 11.8 Å². The number of amides is 1. The molecule has 1 amide bonds. The molecule has 130 valence electrons. The van der Waals surface area contributed by atoms with Crippen LogP contribution in [0.25, 0.3) is 0 Å². The molecule has 6 nitrogen and oxygen atoms in total. The van der Waals surface area contributed by atoms with Gasteiger partial charge in [-0.05, 0) is 24.3 Å². The molecule has 8 heteroatoms. The number of thioether (sulfide) groups is 1. The molecule has 0 aliphatic carbocycles. The number of rotatable bonds is 3. The van der Waals surface area contributed by atoms with Crippen molar-refractivity contribution >= 4 is 35.2 Å². The Morgan fingerprint density at radius 2 is 2.21 bits per heavy atom. The van der Waals surface area contributed by atoms with Crippen LogP contribution in [0.3, 0.4) is 0 Å². The zero-order valence-electron chi connectivity index (χ0n) is 13.4. The smallest absolute Gasteiger partial charge is 0.415 e. The van der Waals surface area contributed by atoms with Crippen LogP contribution in [0.4, 0.5) is 20.6 Å². The van der Waals surface area contributed by atoms with Gasteiger partial charge in [-0.15, -0.1) is 0 Å². The third kappa shape index (κ3) is 3.28. The van der Waals surface area contributed by atoms with Crippen molar-refractivity contribution < 1.29 is 23.5 Å². The summed E-state index contributed by atoms with van der Waals surface area (Å²) in [7, 11) is 1.24. The minimum atomic E-state index is -0.988. The summed E-state index contributed by atoms with van der Waals surface area (Å²) in [6.07, 6.45) is -0.701. The standard InChI is InChI=1S/C16H19FN2O4S/c1-22-15(20)13-10-19(16(21)23-13)12-5-2-4-11(17)14(12)18-6-3-8-24-9-7-18/h2,4-5,13H,3,6-10H2,1H3/t13-/m1/s1. The van der Waals surface area contributed by atoms with Gasteiger partial charge in [0.05, 0.1) is 25.0 Å². The molecule has 1 aromatic rings. The monoisotopic (exact) mass is 354 g/mol. The Kier molecular flexibility index (Phi) is 5.13. The highest BCUT2D eigenvalue weighted by molar-refractivity contribution is 7.99. The molecule has 2 saturated heterocycles. The fraction of sp³-hybridized carbons (Fsp3) is 0.500. The molecular formula is C16H19FN2O4S. The number of methoxy groups -OCH3 is 1. The molecular weight excluding hydrogens is 335 g/mol.